The molecule has 1 aliphatic carbocycles. The van der Waals surface area contributed by atoms with Crippen LogP contribution in [0, 0.1) is 0 Å². The minimum absolute atomic E-state index is 0.188. The van der Waals surface area contributed by atoms with Crippen molar-refractivity contribution >= 4 is 17.6 Å². The highest BCUT2D eigenvalue weighted by Gasteiger charge is 2.23. The van der Waals surface area contributed by atoms with E-state index < -0.39 is 0 Å². The molecule has 0 heterocycles. The van der Waals surface area contributed by atoms with E-state index in [4.69, 9.17) is 10.5 Å². The van der Waals surface area contributed by atoms with Crippen molar-refractivity contribution in [1.29, 1.82) is 0 Å². The number of rotatable bonds is 6. The molecular formula is C14H18N2O3. The van der Waals surface area contributed by atoms with Gasteiger partial charge in [-0.1, -0.05) is 12.1 Å². The predicted molar refractivity (Wildman–Crippen MR) is 71.3 cm³/mol. The Hall–Kier alpha value is -2.04. The van der Waals surface area contributed by atoms with E-state index in [0.29, 0.717) is 18.2 Å². The molecule has 0 aliphatic heterocycles. The average molecular weight is 262 g/mol. The van der Waals surface area contributed by atoms with Crippen LogP contribution in [0.15, 0.2) is 24.3 Å². The Morgan fingerprint density at radius 1 is 1.37 bits per heavy atom. The SMILES string of the molecule is Nc1cccc(CCC(=O)OCC(=O)NC2CC2)c1. The van der Waals surface area contributed by atoms with Gasteiger partial charge in [-0.2, -0.15) is 0 Å². The van der Waals surface area contributed by atoms with Gasteiger partial charge in [0.1, 0.15) is 0 Å². The number of carbonyl (C=O) groups is 2. The second-order valence-corrected chi connectivity index (χ2v) is 4.75. The predicted octanol–water partition coefficient (Wildman–Crippen LogP) is 1.02. The van der Waals surface area contributed by atoms with Crippen LogP contribution in [0.25, 0.3) is 0 Å². The van der Waals surface area contributed by atoms with Gasteiger partial charge < -0.3 is 15.8 Å². The van der Waals surface area contributed by atoms with Gasteiger partial charge in [0, 0.05) is 18.2 Å². The van der Waals surface area contributed by atoms with Gasteiger partial charge in [-0.25, -0.2) is 0 Å². The summed E-state index contributed by atoms with van der Waals surface area (Å²) in [6.45, 7) is -0.188. The summed E-state index contributed by atoms with van der Waals surface area (Å²) in [5, 5.41) is 2.76. The number of nitrogens with two attached hydrogens (primary N) is 1. The monoisotopic (exact) mass is 262 g/mol. The Bertz CT molecular complexity index is 470. The number of ether oxygens (including phenoxy) is 1. The smallest absolute Gasteiger partial charge is 0.306 e. The van der Waals surface area contributed by atoms with Crippen LogP contribution >= 0.6 is 0 Å². The normalized spacial score (nSPS) is 13.9. The second-order valence-electron chi connectivity index (χ2n) is 4.75. The number of anilines is 1. The van der Waals surface area contributed by atoms with Crippen LogP contribution in [0.1, 0.15) is 24.8 Å². The van der Waals surface area contributed by atoms with E-state index in [2.05, 4.69) is 5.32 Å². The maximum absolute atomic E-state index is 11.5. The maximum atomic E-state index is 11.5. The second kappa shape index (κ2) is 6.22. The summed E-state index contributed by atoms with van der Waals surface area (Å²) in [7, 11) is 0. The molecule has 3 N–H and O–H groups in total. The molecule has 1 amide bonds. The third-order valence-electron chi connectivity index (χ3n) is 2.88. The maximum Gasteiger partial charge on any atom is 0.306 e. The molecule has 0 unspecified atom stereocenters. The molecule has 1 aliphatic rings. The number of hydrogen-bond donors (Lipinski definition) is 2. The summed E-state index contributed by atoms with van der Waals surface area (Å²) in [5.41, 5.74) is 7.31. The van der Waals surface area contributed by atoms with E-state index in [1.807, 2.05) is 18.2 Å². The highest BCUT2D eigenvalue weighted by Crippen LogP contribution is 2.18. The fraction of sp³-hybridized carbons (Fsp3) is 0.429. The van der Waals surface area contributed by atoms with E-state index in [0.717, 1.165) is 18.4 Å². The van der Waals surface area contributed by atoms with E-state index in [1.165, 1.54) is 0 Å². The Kier molecular flexibility index (Phi) is 4.39. The van der Waals surface area contributed by atoms with Crippen molar-refractivity contribution in [1.82, 2.24) is 5.32 Å². The fourth-order valence-electron chi connectivity index (χ4n) is 1.71. The standard InChI is InChI=1S/C14H18N2O3/c15-11-3-1-2-10(8-11)4-7-14(18)19-9-13(17)16-12-5-6-12/h1-3,8,12H,4-7,9,15H2,(H,16,17). The van der Waals surface area contributed by atoms with Crippen LogP contribution in [0.4, 0.5) is 5.69 Å². The molecule has 5 nitrogen and oxygen atoms in total. The summed E-state index contributed by atoms with van der Waals surface area (Å²) in [6.07, 6.45) is 2.86. The van der Waals surface area contributed by atoms with Gasteiger partial charge in [-0.05, 0) is 37.0 Å². The van der Waals surface area contributed by atoms with Gasteiger partial charge in [0.05, 0.1) is 0 Å². The molecule has 2 rings (SSSR count). The lowest BCUT2D eigenvalue weighted by atomic mass is 10.1. The lowest BCUT2D eigenvalue weighted by Crippen LogP contribution is -2.30. The van der Waals surface area contributed by atoms with Crippen molar-refractivity contribution in [3.8, 4) is 0 Å². The third kappa shape index (κ3) is 4.99. The Morgan fingerprint density at radius 3 is 2.84 bits per heavy atom. The van der Waals surface area contributed by atoms with Gasteiger partial charge in [0.25, 0.3) is 5.91 Å². The summed E-state index contributed by atoms with van der Waals surface area (Å²) in [6, 6.07) is 7.66. The molecule has 1 saturated carbocycles. The number of nitrogen functional groups attached to an aromatic ring is 1. The average Bonchev–Trinajstić information content (AvgIpc) is 3.18. The van der Waals surface area contributed by atoms with Crippen LogP contribution in [0.5, 0.6) is 0 Å². The zero-order valence-electron chi connectivity index (χ0n) is 10.7. The largest absolute Gasteiger partial charge is 0.456 e. The van der Waals surface area contributed by atoms with Gasteiger partial charge in [0.15, 0.2) is 6.61 Å². The molecule has 1 aromatic carbocycles. The Morgan fingerprint density at radius 2 is 2.16 bits per heavy atom. The molecule has 19 heavy (non-hydrogen) atoms. The molecule has 5 heteroatoms. The van der Waals surface area contributed by atoms with Crippen molar-refractivity contribution in [3.05, 3.63) is 29.8 Å². The number of hydrogen-bond acceptors (Lipinski definition) is 4. The minimum atomic E-state index is -0.367. The molecule has 102 valence electrons. The lowest BCUT2D eigenvalue weighted by molar-refractivity contribution is -0.148. The number of amides is 1. The summed E-state index contributed by atoms with van der Waals surface area (Å²) in [4.78, 5) is 22.8. The first kappa shape index (κ1) is 13.4. The number of esters is 1. The van der Waals surface area contributed by atoms with Crippen molar-refractivity contribution in [2.75, 3.05) is 12.3 Å². The molecule has 0 radical (unpaired) electrons. The third-order valence-corrected chi connectivity index (χ3v) is 2.88. The molecular weight excluding hydrogens is 244 g/mol. The van der Waals surface area contributed by atoms with Crippen molar-refractivity contribution in [2.24, 2.45) is 0 Å². The molecule has 1 fully saturated rings. The number of benzene rings is 1. The first-order valence-corrected chi connectivity index (χ1v) is 6.43. The highest BCUT2D eigenvalue weighted by molar-refractivity contribution is 5.81. The molecule has 0 aromatic heterocycles. The summed E-state index contributed by atoms with van der Waals surface area (Å²) >= 11 is 0. The van der Waals surface area contributed by atoms with Gasteiger partial charge in [-0.3, -0.25) is 9.59 Å². The highest BCUT2D eigenvalue weighted by atomic mass is 16.5. The Balaban J connectivity index is 1.65. The minimum Gasteiger partial charge on any atom is -0.456 e. The summed E-state index contributed by atoms with van der Waals surface area (Å²) in [5.74, 6) is -0.590. The van der Waals surface area contributed by atoms with Gasteiger partial charge >= 0.3 is 5.97 Å². The molecule has 1 aromatic rings. The van der Waals surface area contributed by atoms with E-state index in [-0.39, 0.29) is 24.9 Å². The molecule has 0 spiro atoms. The fourth-order valence-corrected chi connectivity index (χ4v) is 1.71. The summed E-state index contributed by atoms with van der Waals surface area (Å²) < 4.78 is 4.90. The van der Waals surface area contributed by atoms with Crippen LogP contribution < -0.4 is 11.1 Å². The number of nitrogens with one attached hydrogen (secondary N) is 1. The van der Waals surface area contributed by atoms with Gasteiger partial charge in [0.2, 0.25) is 0 Å². The van der Waals surface area contributed by atoms with Crippen molar-refractivity contribution < 1.29 is 14.3 Å². The van der Waals surface area contributed by atoms with Crippen molar-refractivity contribution in [2.45, 2.75) is 31.7 Å². The number of aryl methyl sites for hydroxylation is 1. The Labute approximate surface area is 112 Å². The number of carbonyl (C=O) groups excluding carboxylic acids is 2. The van der Waals surface area contributed by atoms with Crippen LogP contribution in [0.3, 0.4) is 0 Å². The molecule has 0 atom stereocenters. The van der Waals surface area contributed by atoms with Crippen LogP contribution in [0.2, 0.25) is 0 Å². The van der Waals surface area contributed by atoms with E-state index in [9.17, 15) is 9.59 Å². The first-order valence-electron chi connectivity index (χ1n) is 6.43. The first-order chi connectivity index (χ1) is 9.13. The van der Waals surface area contributed by atoms with Crippen LogP contribution in [-0.4, -0.2) is 24.5 Å². The molecule has 0 bridgehead atoms. The van der Waals surface area contributed by atoms with E-state index in [1.54, 1.807) is 6.07 Å². The zero-order chi connectivity index (χ0) is 13.7. The van der Waals surface area contributed by atoms with Crippen molar-refractivity contribution in [3.63, 3.8) is 0 Å². The topological polar surface area (TPSA) is 81.4 Å². The zero-order valence-corrected chi connectivity index (χ0v) is 10.7. The quantitative estimate of drug-likeness (QED) is 0.592. The lowest BCUT2D eigenvalue weighted by Gasteiger charge is -2.06. The van der Waals surface area contributed by atoms with Gasteiger partial charge in [-0.15, -0.1) is 0 Å². The van der Waals surface area contributed by atoms with E-state index >= 15 is 0 Å². The van der Waals surface area contributed by atoms with Crippen LogP contribution in [-0.2, 0) is 20.7 Å². The molecule has 0 saturated heterocycles.